The summed E-state index contributed by atoms with van der Waals surface area (Å²) < 4.78 is 19.0. The standard InChI is InChI=1S/C41H37NO6S/c1-26-36(25-49-37-14-8-7-13-35(37)46-2)47-41(48-38(26)29-17-15-27(24-43)16-18-29)30-21-19-28(20-22-30)32-10-4-3-9-31(32)23-42-39(44)33-11-5-6-12-34(33)40(42)45/h3-22,26,36,38,41,43H,23-25H2,1-2H3/t26-,36+,38+,41+/m0/s1. The Morgan fingerprint density at radius 3 is 2.02 bits per heavy atom. The zero-order valence-electron chi connectivity index (χ0n) is 27.3. The molecule has 7 rings (SSSR count). The number of hydrogen-bond acceptors (Lipinski definition) is 7. The molecule has 1 fully saturated rings. The average Bonchev–Trinajstić information content (AvgIpc) is 3.39. The lowest BCUT2D eigenvalue weighted by Gasteiger charge is -2.41. The van der Waals surface area contributed by atoms with Crippen LogP contribution >= 0.6 is 11.8 Å². The summed E-state index contributed by atoms with van der Waals surface area (Å²) in [6, 6.07) is 38.8. The number of carbonyl (C=O) groups excluding carboxylic acids is 2. The van der Waals surface area contributed by atoms with Gasteiger partial charge in [0.2, 0.25) is 0 Å². The summed E-state index contributed by atoms with van der Waals surface area (Å²) in [4.78, 5) is 28.6. The first-order valence-electron chi connectivity index (χ1n) is 16.3. The minimum Gasteiger partial charge on any atom is -0.496 e. The molecule has 0 aromatic heterocycles. The predicted octanol–water partition coefficient (Wildman–Crippen LogP) is 8.23. The van der Waals surface area contributed by atoms with Crippen molar-refractivity contribution in [1.29, 1.82) is 0 Å². The number of hydrogen-bond donors (Lipinski definition) is 1. The Balaban J connectivity index is 1.13. The summed E-state index contributed by atoms with van der Waals surface area (Å²) in [6.45, 7) is 2.32. The second-order valence-electron chi connectivity index (χ2n) is 12.3. The Morgan fingerprint density at radius 2 is 1.35 bits per heavy atom. The zero-order chi connectivity index (χ0) is 33.9. The van der Waals surface area contributed by atoms with E-state index in [-0.39, 0.29) is 43.1 Å². The number of ether oxygens (including phenoxy) is 3. The zero-order valence-corrected chi connectivity index (χ0v) is 28.1. The van der Waals surface area contributed by atoms with Crippen molar-refractivity contribution >= 4 is 23.6 Å². The van der Waals surface area contributed by atoms with Crippen molar-refractivity contribution in [2.45, 2.75) is 43.5 Å². The van der Waals surface area contributed by atoms with Crippen LogP contribution in [0.1, 0.15) is 62.3 Å². The molecule has 0 unspecified atom stereocenters. The van der Waals surface area contributed by atoms with Gasteiger partial charge >= 0.3 is 0 Å². The van der Waals surface area contributed by atoms with Crippen molar-refractivity contribution in [2.75, 3.05) is 12.9 Å². The summed E-state index contributed by atoms with van der Waals surface area (Å²) in [6.07, 6.45) is -0.962. The average molecular weight is 672 g/mol. The molecule has 0 saturated carbocycles. The molecule has 0 spiro atoms. The number of aliphatic hydroxyl groups is 1. The number of thioether (sulfide) groups is 1. The van der Waals surface area contributed by atoms with E-state index in [9.17, 15) is 14.7 Å². The van der Waals surface area contributed by atoms with E-state index in [4.69, 9.17) is 14.2 Å². The van der Waals surface area contributed by atoms with E-state index in [2.05, 4.69) is 13.0 Å². The molecule has 2 aliphatic rings. The van der Waals surface area contributed by atoms with E-state index < -0.39 is 6.29 Å². The largest absolute Gasteiger partial charge is 0.496 e. The van der Waals surface area contributed by atoms with Gasteiger partial charge < -0.3 is 19.3 Å². The molecule has 248 valence electrons. The Bertz CT molecular complexity index is 1930. The first-order valence-corrected chi connectivity index (χ1v) is 17.3. The van der Waals surface area contributed by atoms with Crippen LogP contribution in [-0.2, 0) is 22.6 Å². The summed E-state index contributed by atoms with van der Waals surface area (Å²) in [5.74, 6) is 1.04. The van der Waals surface area contributed by atoms with Gasteiger partial charge in [-0.1, -0.05) is 104 Å². The third-order valence-electron chi connectivity index (χ3n) is 9.31. The highest BCUT2D eigenvalue weighted by molar-refractivity contribution is 7.99. The van der Waals surface area contributed by atoms with Crippen LogP contribution in [0.2, 0.25) is 0 Å². The molecule has 2 heterocycles. The number of benzene rings is 5. The quantitative estimate of drug-likeness (QED) is 0.118. The number of methoxy groups -OCH3 is 1. The lowest BCUT2D eigenvalue weighted by molar-refractivity contribution is -0.268. The molecule has 7 nitrogen and oxygen atoms in total. The van der Waals surface area contributed by atoms with Crippen molar-refractivity contribution in [1.82, 2.24) is 4.90 Å². The number of imide groups is 1. The fourth-order valence-corrected chi connectivity index (χ4v) is 7.73. The molecule has 5 aromatic carbocycles. The fourth-order valence-electron chi connectivity index (χ4n) is 6.53. The van der Waals surface area contributed by atoms with E-state index in [1.807, 2.05) is 91.0 Å². The van der Waals surface area contributed by atoms with Crippen molar-refractivity contribution in [3.05, 3.63) is 155 Å². The summed E-state index contributed by atoms with van der Waals surface area (Å²) in [7, 11) is 1.68. The Hall–Kier alpha value is -4.73. The molecular formula is C41H37NO6S. The van der Waals surface area contributed by atoms with Crippen LogP contribution in [0.4, 0.5) is 0 Å². The lowest BCUT2D eigenvalue weighted by atomic mass is 9.91. The smallest absolute Gasteiger partial charge is 0.261 e. The highest BCUT2D eigenvalue weighted by Gasteiger charge is 2.39. The molecule has 0 radical (unpaired) electrons. The topological polar surface area (TPSA) is 85.3 Å². The van der Waals surface area contributed by atoms with E-state index in [0.29, 0.717) is 16.9 Å². The molecule has 2 amide bonds. The number of nitrogens with zero attached hydrogens (tertiary/aromatic N) is 1. The van der Waals surface area contributed by atoms with Gasteiger partial charge in [0.15, 0.2) is 6.29 Å². The molecule has 8 heteroatoms. The highest BCUT2D eigenvalue weighted by Crippen LogP contribution is 2.44. The van der Waals surface area contributed by atoms with Crippen molar-refractivity contribution < 1.29 is 28.9 Å². The minimum atomic E-state index is -0.607. The summed E-state index contributed by atoms with van der Waals surface area (Å²) >= 11 is 1.70. The van der Waals surface area contributed by atoms with Gasteiger partial charge in [0, 0.05) is 22.1 Å². The van der Waals surface area contributed by atoms with E-state index in [1.165, 1.54) is 4.90 Å². The Labute approximate surface area is 290 Å². The Morgan fingerprint density at radius 1 is 0.735 bits per heavy atom. The number of fused-ring (bicyclic) bond motifs is 1. The third-order valence-corrected chi connectivity index (χ3v) is 10.5. The van der Waals surface area contributed by atoms with Crippen LogP contribution in [0.15, 0.2) is 126 Å². The second-order valence-corrected chi connectivity index (χ2v) is 13.4. The van der Waals surface area contributed by atoms with Crippen molar-refractivity contribution in [2.24, 2.45) is 5.92 Å². The monoisotopic (exact) mass is 671 g/mol. The van der Waals surface area contributed by atoms with Gasteiger partial charge in [-0.15, -0.1) is 11.8 Å². The number of carbonyl (C=O) groups is 2. The summed E-state index contributed by atoms with van der Waals surface area (Å²) in [5.41, 5.74) is 6.43. The summed E-state index contributed by atoms with van der Waals surface area (Å²) in [5, 5.41) is 9.60. The van der Waals surface area contributed by atoms with E-state index >= 15 is 0 Å². The van der Waals surface area contributed by atoms with Crippen LogP contribution in [0, 0.1) is 5.92 Å². The molecule has 2 aliphatic heterocycles. The van der Waals surface area contributed by atoms with Crippen molar-refractivity contribution in [3.8, 4) is 16.9 Å². The first kappa shape index (κ1) is 32.8. The first-order chi connectivity index (χ1) is 23.9. The molecule has 5 aromatic rings. The van der Waals surface area contributed by atoms with E-state index in [0.717, 1.165) is 44.0 Å². The van der Waals surface area contributed by atoms with Gasteiger partial charge in [0.1, 0.15) is 5.75 Å². The molecule has 0 bridgehead atoms. The van der Waals surface area contributed by atoms with Gasteiger partial charge in [-0.2, -0.15) is 0 Å². The third kappa shape index (κ3) is 6.65. The van der Waals surface area contributed by atoms with E-state index in [1.54, 1.807) is 43.1 Å². The van der Waals surface area contributed by atoms with Crippen LogP contribution in [0.25, 0.3) is 11.1 Å². The minimum absolute atomic E-state index is 0.0148. The molecule has 49 heavy (non-hydrogen) atoms. The molecule has 0 aliphatic carbocycles. The molecule has 4 atom stereocenters. The number of amides is 2. The normalized spacial score (nSPS) is 20.3. The molecule has 1 N–H and O–H groups in total. The number of para-hydroxylation sites is 1. The maximum absolute atomic E-state index is 13.1. The van der Waals surface area contributed by atoms with Crippen LogP contribution in [0.5, 0.6) is 5.75 Å². The van der Waals surface area contributed by atoms with Gasteiger partial charge in [-0.05, 0) is 52.1 Å². The van der Waals surface area contributed by atoms with Gasteiger partial charge in [0.25, 0.3) is 11.8 Å². The van der Waals surface area contributed by atoms with Crippen LogP contribution < -0.4 is 4.74 Å². The fraction of sp³-hybridized carbons (Fsp3) is 0.220. The molecule has 1 saturated heterocycles. The number of rotatable bonds is 10. The van der Waals surface area contributed by atoms with Gasteiger partial charge in [-0.3, -0.25) is 14.5 Å². The van der Waals surface area contributed by atoms with Gasteiger partial charge in [0.05, 0.1) is 43.6 Å². The maximum Gasteiger partial charge on any atom is 0.261 e. The Kier molecular flexibility index (Phi) is 9.64. The predicted molar refractivity (Wildman–Crippen MR) is 189 cm³/mol. The number of aliphatic hydroxyl groups excluding tert-OH is 1. The van der Waals surface area contributed by atoms with Crippen LogP contribution in [-0.4, -0.2) is 40.8 Å². The second kappa shape index (κ2) is 14.4. The highest BCUT2D eigenvalue weighted by atomic mass is 32.2. The maximum atomic E-state index is 13.1. The van der Waals surface area contributed by atoms with Crippen molar-refractivity contribution in [3.63, 3.8) is 0 Å². The van der Waals surface area contributed by atoms with Gasteiger partial charge in [-0.25, -0.2) is 0 Å². The SMILES string of the molecule is COc1ccccc1SC[C@H]1O[C@@H](c2ccc(-c3ccccc3CN3C(=O)c4ccccc4C3=O)cc2)O[C@@H](c2ccc(CO)cc2)[C@H]1C. The van der Waals surface area contributed by atoms with Crippen LogP contribution in [0.3, 0.4) is 0 Å². The molecular weight excluding hydrogens is 635 g/mol. The lowest BCUT2D eigenvalue weighted by Crippen LogP contribution is -2.38.